The number of aliphatic hydroxyl groups excluding tert-OH is 1. The number of esters is 2. The molecule has 5 fully saturated rings. The SMILES string of the molecule is C=C(C)C(=O)CC[C@H](C)[C@@H]1CC[C@@]2(C)[C@H]3[C@H](OC(C)=O)[C@H](OC(C)=O)[C@H]4[C@](C)(C(=O)O)[C@@H](O)CC[C@]45C[C@]35CC[C@]12C. The Labute approximate surface area is 250 Å². The predicted molar refractivity (Wildman–Crippen MR) is 155 cm³/mol. The van der Waals surface area contributed by atoms with Gasteiger partial charge in [-0.3, -0.25) is 19.2 Å². The van der Waals surface area contributed by atoms with Crippen molar-refractivity contribution in [1.82, 2.24) is 0 Å². The minimum absolute atomic E-state index is 0.103. The van der Waals surface area contributed by atoms with Crippen molar-refractivity contribution in [2.24, 2.45) is 50.7 Å². The molecule has 0 saturated heterocycles. The number of ether oxygens (including phenoxy) is 2. The summed E-state index contributed by atoms with van der Waals surface area (Å²) in [6.07, 6.45) is 4.01. The molecule has 0 unspecified atom stereocenters. The first kappa shape index (κ1) is 31.2. The van der Waals surface area contributed by atoms with Gasteiger partial charge in [-0.25, -0.2) is 0 Å². The molecule has 8 heteroatoms. The van der Waals surface area contributed by atoms with Crippen molar-refractivity contribution in [2.75, 3.05) is 0 Å². The second kappa shape index (κ2) is 9.90. The van der Waals surface area contributed by atoms with Crippen LogP contribution >= 0.6 is 0 Å². The molecule has 0 heterocycles. The van der Waals surface area contributed by atoms with E-state index in [9.17, 15) is 29.4 Å². The molecule has 0 aliphatic heterocycles. The highest BCUT2D eigenvalue weighted by atomic mass is 16.6. The van der Waals surface area contributed by atoms with Gasteiger partial charge in [0.2, 0.25) is 0 Å². The molecule has 0 radical (unpaired) electrons. The quantitative estimate of drug-likeness (QED) is 0.282. The van der Waals surface area contributed by atoms with Crippen LogP contribution in [0.25, 0.3) is 0 Å². The molecule has 8 nitrogen and oxygen atoms in total. The van der Waals surface area contributed by atoms with Gasteiger partial charge in [0.1, 0.15) is 12.2 Å². The number of hydrogen-bond acceptors (Lipinski definition) is 7. The highest BCUT2D eigenvalue weighted by molar-refractivity contribution is 5.94. The molecule has 2 N–H and O–H groups in total. The number of hydrogen-bond donors (Lipinski definition) is 2. The number of aliphatic carboxylic acids is 1. The van der Waals surface area contributed by atoms with Crippen molar-refractivity contribution in [2.45, 2.75) is 125 Å². The van der Waals surface area contributed by atoms with Crippen LogP contribution in [0.1, 0.15) is 106 Å². The van der Waals surface area contributed by atoms with Crippen molar-refractivity contribution >= 4 is 23.7 Å². The summed E-state index contributed by atoms with van der Waals surface area (Å²) in [4.78, 5) is 50.7. The Bertz CT molecular complexity index is 1210. The van der Waals surface area contributed by atoms with Crippen molar-refractivity contribution in [3.63, 3.8) is 0 Å². The van der Waals surface area contributed by atoms with E-state index in [-0.39, 0.29) is 27.9 Å². The van der Waals surface area contributed by atoms with Gasteiger partial charge in [0, 0.05) is 32.1 Å². The van der Waals surface area contributed by atoms with Crippen LogP contribution in [-0.2, 0) is 28.7 Å². The summed E-state index contributed by atoms with van der Waals surface area (Å²) < 4.78 is 12.3. The van der Waals surface area contributed by atoms with Crippen LogP contribution in [0.3, 0.4) is 0 Å². The summed E-state index contributed by atoms with van der Waals surface area (Å²) in [5.41, 5.74) is -1.99. The summed E-state index contributed by atoms with van der Waals surface area (Å²) in [6.45, 7) is 16.8. The highest BCUT2D eigenvalue weighted by Gasteiger charge is 2.88. The summed E-state index contributed by atoms with van der Waals surface area (Å²) in [6, 6.07) is 0. The van der Waals surface area contributed by atoms with E-state index in [2.05, 4.69) is 27.4 Å². The van der Waals surface area contributed by atoms with Crippen molar-refractivity contribution in [1.29, 1.82) is 0 Å². The van der Waals surface area contributed by atoms with E-state index in [1.807, 2.05) is 0 Å². The number of allylic oxidation sites excluding steroid dienone is 1. The average molecular weight is 587 g/mol. The van der Waals surface area contributed by atoms with Crippen LogP contribution < -0.4 is 0 Å². The normalized spacial score (nSPS) is 47.5. The van der Waals surface area contributed by atoms with Gasteiger partial charge < -0.3 is 19.7 Å². The second-order valence-electron chi connectivity index (χ2n) is 15.4. The lowest BCUT2D eigenvalue weighted by atomic mass is 9.40. The molecular formula is C34H50O8. The fourth-order valence-corrected chi connectivity index (χ4v) is 11.7. The number of carboxylic acids is 1. The topological polar surface area (TPSA) is 127 Å². The van der Waals surface area contributed by atoms with Gasteiger partial charge in [0.25, 0.3) is 0 Å². The molecular weight excluding hydrogens is 536 g/mol. The number of carbonyl (C=O) groups excluding carboxylic acids is 3. The second-order valence-corrected chi connectivity index (χ2v) is 15.4. The van der Waals surface area contributed by atoms with Crippen LogP contribution in [0.4, 0.5) is 0 Å². The van der Waals surface area contributed by atoms with Gasteiger partial charge in [-0.05, 0) is 104 Å². The molecule has 0 bridgehead atoms. The number of carbonyl (C=O) groups is 4. The lowest BCUT2D eigenvalue weighted by Crippen LogP contribution is -2.69. The summed E-state index contributed by atoms with van der Waals surface area (Å²) in [5, 5.41) is 21.8. The lowest BCUT2D eigenvalue weighted by molar-refractivity contribution is -0.259. The van der Waals surface area contributed by atoms with Crippen LogP contribution in [0.15, 0.2) is 12.2 Å². The maximum absolute atomic E-state index is 12.9. The van der Waals surface area contributed by atoms with Gasteiger partial charge in [-0.1, -0.05) is 27.4 Å². The van der Waals surface area contributed by atoms with E-state index >= 15 is 0 Å². The van der Waals surface area contributed by atoms with Gasteiger partial charge in [-0.2, -0.15) is 0 Å². The van der Waals surface area contributed by atoms with E-state index in [1.165, 1.54) is 13.8 Å². The maximum Gasteiger partial charge on any atom is 0.312 e. The van der Waals surface area contributed by atoms with Crippen molar-refractivity contribution in [3.05, 3.63) is 12.2 Å². The van der Waals surface area contributed by atoms with Crippen LogP contribution in [0.5, 0.6) is 0 Å². The summed E-state index contributed by atoms with van der Waals surface area (Å²) in [7, 11) is 0. The summed E-state index contributed by atoms with van der Waals surface area (Å²) >= 11 is 0. The molecule has 5 saturated carbocycles. The molecule has 0 aromatic rings. The van der Waals surface area contributed by atoms with Crippen LogP contribution in [0.2, 0.25) is 0 Å². The average Bonchev–Trinajstić information content (AvgIpc) is 3.44. The first-order valence-corrected chi connectivity index (χ1v) is 15.9. The largest absolute Gasteiger partial charge is 0.481 e. The van der Waals surface area contributed by atoms with E-state index in [0.29, 0.717) is 36.7 Å². The fourth-order valence-electron chi connectivity index (χ4n) is 11.7. The number of carboxylic acid groups (broad SMARTS) is 1. The van der Waals surface area contributed by atoms with Gasteiger partial charge in [-0.15, -0.1) is 0 Å². The molecule has 12 atom stereocenters. The standard InChI is InChI=1S/C34H50O8/c1-18(2)23(37)10-9-19(3)22-11-13-31(7)27-25(41-20(4)35)26(42-21(5)36)28-32(8,29(39)40)24(38)12-14-33(28)17-34(27,33)16-15-30(22,31)6/h19,22,24-28,38H,1,9-17H2,2-8H3,(H,39,40)/t19-,22-,24-,25+,26-,27+,28-,30+,31-,32+,33-,34+/m0/s1. The number of Topliss-reactive ketones (excluding diaryl/α,β-unsaturated/α-hetero) is 1. The van der Waals surface area contributed by atoms with E-state index in [4.69, 9.17) is 9.47 Å². The third-order valence-corrected chi connectivity index (χ3v) is 13.8. The minimum Gasteiger partial charge on any atom is -0.481 e. The Morgan fingerprint density at radius 2 is 1.43 bits per heavy atom. The third kappa shape index (κ3) is 3.95. The Kier molecular flexibility index (Phi) is 7.36. The minimum atomic E-state index is -1.55. The number of fused-ring (bicyclic) bond motifs is 2. The molecule has 5 aliphatic carbocycles. The first-order chi connectivity index (χ1) is 19.4. The Morgan fingerprint density at radius 1 is 0.857 bits per heavy atom. The number of ketones is 1. The van der Waals surface area contributed by atoms with Gasteiger partial charge in [0.15, 0.2) is 5.78 Å². The summed E-state index contributed by atoms with van der Waals surface area (Å²) in [5.74, 6) is -2.13. The number of aliphatic hydroxyl groups is 1. The van der Waals surface area contributed by atoms with E-state index in [1.54, 1.807) is 13.8 Å². The fraction of sp³-hybridized carbons (Fsp3) is 0.824. The zero-order valence-electron chi connectivity index (χ0n) is 26.5. The lowest BCUT2D eigenvalue weighted by Gasteiger charge is -2.65. The zero-order valence-corrected chi connectivity index (χ0v) is 26.5. The molecule has 0 aromatic carbocycles. The van der Waals surface area contributed by atoms with Crippen LogP contribution in [-0.4, -0.2) is 52.2 Å². The smallest absolute Gasteiger partial charge is 0.312 e. The highest BCUT2D eigenvalue weighted by Crippen LogP contribution is 2.89. The third-order valence-electron chi connectivity index (χ3n) is 13.8. The van der Waals surface area contributed by atoms with Crippen LogP contribution in [0, 0.1) is 50.7 Å². The monoisotopic (exact) mass is 586 g/mol. The number of rotatable bonds is 8. The molecule has 0 aromatic heterocycles. The zero-order chi connectivity index (χ0) is 31.2. The van der Waals surface area contributed by atoms with E-state index < -0.39 is 53.0 Å². The van der Waals surface area contributed by atoms with Gasteiger partial charge in [0.05, 0.1) is 11.5 Å². The van der Waals surface area contributed by atoms with E-state index in [0.717, 1.165) is 38.5 Å². The molecule has 0 amide bonds. The maximum atomic E-state index is 12.9. The van der Waals surface area contributed by atoms with Gasteiger partial charge >= 0.3 is 17.9 Å². The molecule has 2 spiro atoms. The Balaban J connectivity index is 1.61. The Morgan fingerprint density at radius 3 is 1.98 bits per heavy atom. The van der Waals surface area contributed by atoms with Crippen molar-refractivity contribution < 1.29 is 38.9 Å². The molecule has 234 valence electrons. The molecule has 5 aliphatic rings. The van der Waals surface area contributed by atoms with Crippen molar-refractivity contribution in [3.8, 4) is 0 Å². The first-order valence-electron chi connectivity index (χ1n) is 15.9. The Hall–Kier alpha value is -2.22. The molecule has 42 heavy (non-hydrogen) atoms. The predicted octanol–water partition coefficient (Wildman–Crippen LogP) is 5.50. The molecule has 5 rings (SSSR count).